The molecule has 1 amide bonds. The van der Waals surface area contributed by atoms with Crippen molar-refractivity contribution in [2.24, 2.45) is 5.92 Å². The molecule has 2 aliphatic rings. The van der Waals surface area contributed by atoms with Crippen LogP contribution < -0.4 is 9.46 Å². The largest absolute Gasteiger partial charge is 0.493 e. The van der Waals surface area contributed by atoms with Crippen LogP contribution in [0.15, 0.2) is 30.3 Å². The first-order valence-electron chi connectivity index (χ1n) is 12.3. The minimum atomic E-state index is -0.532. The Morgan fingerprint density at radius 1 is 1.11 bits per heavy atom. The quantitative estimate of drug-likeness (QED) is 0.337. The monoisotopic (exact) mass is 538 g/mol. The third-order valence-corrected chi connectivity index (χ3v) is 8.17. The second kappa shape index (κ2) is 11.3. The van der Waals surface area contributed by atoms with E-state index in [1.165, 1.54) is 18.0 Å². The van der Waals surface area contributed by atoms with Crippen molar-refractivity contribution in [3.63, 3.8) is 0 Å². The Morgan fingerprint density at radius 2 is 1.77 bits per heavy atom. The summed E-state index contributed by atoms with van der Waals surface area (Å²) in [7, 11) is 0. The van der Waals surface area contributed by atoms with Crippen molar-refractivity contribution in [1.82, 2.24) is 9.62 Å². The minimum Gasteiger partial charge on any atom is -0.493 e. The van der Waals surface area contributed by atoms with Gasteiger partial charge in [-0.3, -0.25) is 14.4 Å². The Kier molecular flexibility index (Phi) is 8.57. The van der Waals surface area contributed by atoms with E-state index in [1.54, 1.807) is 12.1 Å². The van der Waals surface area contributed by atoms with Gasteiger partial charge in [-0.1, -0.05) is 42.1 Å². The van der Waals surface area contributed by atoms with Gasteiger partial charge in [0.2, 0.25) is 0 Å². The van der Waals surface area contributed by atoms with Crippen LogP contribution in [-0.4, -0.2) is 36.3 Å². The van der Waals surface area contributed by atoms with Gasteiger partial charge in [0.1, 0.15) is 11.6 Å². The van der Waals surface area contributed by atoms with Gasteiger partial charge in [0.25, 0.3) is 5.91 Å². The fraction of sp³-hybridized carbons (Fsp3) is 0.519. The van der Waals surface area contributed by atoms with E-state index in [0.29, 0.717) is 34.2 Å². The molecule has 1 N–H and O–H groups in total. The van der Waals surface area contributed by atoms with E-state index in [1.807, 2.05) is 19.1 Å². The minimum absolute atomic E-state index is 0.0943. The highest BCUT2D eigenvalue weighted by Crippen LogP contribution is 2.45. The van der Waals surface area contributed by atoms with Crippen molar-refractivity contribution in [1.29, 1.82) is 0 Å². The molecule has 190 valence electrons. The maximum atomic E-state index is 14.8. The van der Waals surface area contributed by atoms with Gasteiger partial charge in [-0.2, -0.15) is 0 Å². The zero-order chi connectivity index (χ0) is 25.2. The van der Waals surface area contributed by atoms with Gasteiger partial charge in [0.05, 0.1) is 12.2 Å². The molecule has 35 heavy (non-hydrogen) atoms. The van der Waals surface area contributed by atoms with Crippen LogP contribution in [0.5, 0.6) is 5.75 Å². The summed E-state index contributed by atoms with van der Waals surface area (Å²) in [5, 5.41) is 1.30. The van der Waals surface area contributed by atoms with Crippen LogP contribution in [0, 0.1) is 11.7 Å². The average molecular weight is 540 g/mol. The Bertz CT molecular complexity index is 1050. The zero-order valence-corrected chi connectivity index (χ0v) is 22.8. The molecule has 4 nitrogen and oxygen atoms in total. The SMILES string of the molecule is CCSNC(=O)c1cc(C2CC2)c(OCC2CCN(C(C)(C)c3cc(Cl)cc(Cl)c3)CC2)cc1F. The summed E-state index contributed by atoms with van der Waals surface area (Å²) < 4.78 is 23.7. The number of ether oxygens (including phenoxy) is 1. The number of rotatable bonds is 9. The molecule has 0 spiro atoms. The third kappa shape index (κ3) is 6.46. The van der Waals surface area contributed by atoms with E-state index in [4.69, 9.17) is 27.9 Å². The summed E-state index contributed by atoms with van der Waals surface area (Å²) in [6.45, 7) is 8.76. The number of carbonyl (C=O) groups is 1. The Hall–Kier alpha value is -1.47. The first-order chi connectivity index (χ1) is 16.7. The summed E-state index contributed by atoms with van der Waals surface area (Å²) >= 11 is 13.8. The highest BCUT2D eigenvalue weighted by Gasteiger charge is 2.33. The van der Waals surface area contributed by atoms with E-state index in [9.17, 15) is 9.18 Å². The molecule has 0 unspecified atom stereocenters. The number of nitrogens with zero attached hydrogens (tertiary/aromatic N) is 1. The molecule has 2 aromatic carbocycles. The number of amides is 1. The fourth-order valence-corrected chi connectivity index (χ4v) is 5.64. The zero-order valence-electron chi connectivity index (χ0n) is 20.5. The lowest BCUT2D eigenvalue weighted by Crippen LogP contribution is -2.46. The first kappa shape index (κ1) is 26.6. The highest BCUT2D eigenvalue weighted by molar-refractivity contribution is 7.97. The molecule has 8 heteroatoms. The molecule has 1 aliphatic carbocycles. The molecule has 4 rings (SSSR count). The van der Waals surface area contributed by atoms with Gasteiger partial charge >= 0.3 is 0 Å². The molecular weight excluding hydrogens is 506 g/mol. The van der Waals surface area contributed by atoms with E-state index in [0.717, 1.165) is 55.7 Å². The second-order valence-electron chi connectivity index (χ2n) is 9.97. The lowest BCUT2D eigenvalue weighted by atomic mass is 9.88. The Morgan fingerprint density at radius 3 is 2.37 bits per heavy atom. The topological polar surface area (TPSA) is 41.6 Å². The normalized spacial score (nSPS) is 17.4. The number of likely N-dealkylation sites (tertiary alicyclic amines) is 1. The summed E-state index contributed by atoms with van der Waals surface area (Å²) in [4.78, 5) is 14.8. The number of nitrogens with one attached hydrogen (secondary N) is 1. The number of halogens is 3. The molecule has 0 atom stereocenters. The van der Waals surface area contributed by atoms with E-state index in [-0.39, 0.29) is 11.1 Å². The summed E-state index contributed by atoms with van der Waals surface area (Å²) in [5.74, 6) is 1.13. The third-order valence-electron chi connectivity index (χ3n) is 7.12. The lowest BCUT2D eigenvalue weighted by Gasteiger charge is -2.43. The van der Waals surface area contributed by atoms with Crippen molar-refractivity contribution in [2.75, 3.05) is 25.4 Å². The van der Waals surface area contributed by atoms with Gasteiger partial charge in [-0.15, -0.1) is 0 Å². The van der Waals surface area contributed by atoms with Gasteiger partial charge in [-0.05, 0) is 99.8 Å². The molecule has 1 heterocycles. The summed E-state index contributed by atoms with van der Waals surface area (Å²) in [5.41, 5.74) is 1.97. The summed E-state index contributed by atoms with van der Waals surface area (Å²) in [6, 6.07) is 8.83. The van der Waals surface area contributed by atoms with Crippen LogP contribution >= 0.6 is 35.1 Å². The molecule has 1 aliphatic heterocycles. The molecule has 0 radical (unpaired) electrons. The van der Waals surface area contributed by atoms with Crippen molar-refractivity contribution in [3.05, 3.63) is 62.9 Å². The van der Waals surface area contributed by atoms with Crippen LogP contribution in [0.3, 0.4) is 0 Å². The molecule has 2 fully saturated rings. The maximum Gasteiger partial charge on any atom is 0.264 e. The molecule has 0 aromatic heterocycles. The van der Waals surface area contributed by atoms with Crippen LogP contribution in [0.2, 0.25) is 10.0 Å². The Labute approximate surface area is 222 Å². The van der Waals surface area contributed by atoms with Gasteiger partial charge in [-0.25, -0.2) is 4.39 Å². The first-order valence-corrected chi connectivity index (χ1v) is 14.0. The predicted octanol–water partition coefficient (Wildman–Crippen LogP) is 7.43. The van der Waals surface area contributed by atoms with Crippen molar-refractivity contribution in [2.45, 2.75) is 57.9 Å². The fourth-order valence-electron chi connectivity index (χ4n) is 4.73. The van der Waals surface area contributed by atoms with E-state index >= 15 is 0 Å². The second-order valence-corrected chi connectivity index (χ2v) is 11.9. The number of hydrogen-bond donors (Lipinski definition) is 1. The summed E-state index contributed by atoms with van der Waals surface area (Å²) in [6.07, 6.45) is 4.09. The molecular formula is C27H33Cl2FN2O2S. The number of benzene rings is 2. The van der Waals surface area contributed by atoms with Crippen molar-refractivity contribution >= 4 is 41.1 Å². The number of carbonyl (C=O) groups excluding carboxylic acids is 1. The van der Waals surface area contributed by atoms with Gasteiger partial charge in [0, 0.05) is 27.4 Å². The number of hydrogen-bond acceptors (Lipinski definition) is 4. The van der Waals surface area contributed by atoms with E-state index in [2.05, 4.69) is 23.5 Å². The average Bonchev–Trinajstić information content (AvgIpc) is 3.66. The van der Waals surface area contributed by atoms with E-state index < -0.39 is 11.7 Å². The molecule has 1 saturated heterocycles. The standard InChI is InChI=1S/C27H33Cl2FN2O2S/c1-4-35-31-26(33)23-14-22(18-5-6-18)25(15-24(23)30)34-16-17-7-9-32(10-8-17)27(2,3)19-11-20(28)13-21(29)12-19/h11-15,17-18H,4-10,16H2,1-3H3,(H,31,33). The van der Waals surface area contributed by atoms with Crippen LogP contribution in [-0.2, 0) is 5.54 Å². The number of piperidine rings is 1. The van der Waals surface area contributed by atoms with Crippen LogP contribution in [0.25, 0.3) is 0 Å². The Balaban J connectivity index is 1.38. The molecule has 2 aromatic rings. The van der Waals surface area contributed by atoms with Crippen molar-refractivity contribution < 1.29 is 13.9 Å². The predicted molar refractivity (Wildman–Crippen MR) is 143 cm³/mol. The van der Waals surface area contributed by atoms with Crippen molar-refractivity contribution in [3.8, 4) is 5.75 Å². The maximum absolute atomic E-state index is 14.8. The molecule has 0 bridgehead atoms. The van der Waals surface area contributed by atoms with Crippen LogP contribution in [0.4, 0.5) is 4.39 Å². The van der Waals surface area contributed by atoms with Gasteiger partial charge < -0.3 is 4.74 Å². The molecule has 1 saturated carbocycles. The highest BCUT2D eigenvalue weighted by atomic mass is 35.5. The van der Waals surface area contributed by atoms with Gasteiger partial charge in [0.15, 0.2) is 0 Å². The lowest BCUT2D eigenvalue weighted by molar-refractivity contribution is 0.0596. The van der Waals surface area contributed by atoms with Crippen LogP contribution in [0.1, 0.15) is 73.9 Å². The smallest absolute Gasteiger partial charge is 0.264 e.